The Balaban J connectivity index is 2.54. The lowest BCUT2D eigenvalue weighted by Crippen LogP contribution is -2.40. The Bertz CT molecular complexity index is 780. The Labute approximate surface area is 137 Å². The maximum absolute atomic E-state index is 12.2. The number of carbonyl (C=O) groups excluding carboxylic acids is 1. The van der Waals surface area contributed by atoms with Crippen molar-refractivity contribution in [2.45, 2.75) is 45.1 Å². The highest BCUT2D eigenvalue weighted by molar-refractivity contribution is 5.37. The smallest absolute Gasteiger partial charge is 0.330 e. The van der Waals surface area contributed by atoms with Crippen LogP contribution < -0.4 is 11.2 Å². The van der Waals surface area contributed by atoms with Gasteiger partial charge in [0.1, 0.15) is 18.4 Å². The Morgan fingerprint density at radius 2 is 2.29 bits per heavy atom. The van der Waals surface area contributed by atoms with E-state index in [9.17, 15) is 14.4 Å². The van der Waals surface area contributed by atoms with Gasteiger partial charge in [0.2, 0.25) is 0 Å². The lowest BCUT2D eigenvalue weighted by molar-refractivity contribution is -0.149. The highest BCUT2D eigenvalue weighted by Crippen LogP contribution is 2.45. The standard InChI is InChI=1S/C14H19N5O5/c1-4-14(6-23-7-20)9(3)10(17-18-15)12(24-14)19-5-8(2)11(21)16-13(19)22/h5,7,9-10,12H,4,6H2,1-3H3,(H,16,21,22)/t9?,10-,12+,14-/m0/s1. The molecule has 0 spiro atoms. The number of carbonyl (C=O) groups is 1. The van der Waals surface area contributed by atoms with E-state index in [2.05, 4.69) is 15.0 Å². The van der Waals surface area contributed by atoms with Crippen LogP contribution in [-0.4, -0.2) is 34.3 Å². The summed E-state index contributed by atoms with van der Waals surface area (Å²) in [6.07, 6.45) is 0.937. The van der Waals surface area contributed by atoms with Gasteiger partial charge < -0.3 is 9.47 Å². The quantitative estimate of drug-likeness (QED) is 0.357. The molecule has 0 bridgehead atoms. The van der Waals surface area contributed by atoms with E-state index in [0.29, 0.717) is 18.5 Å². The van der Waals surface area contributed by atoms with Crippen LogP contribution >= 0.6 is 0 Å². The number of aromatic nitrogens is 2. The van der Waals surface area contributed by atoms with E-state index in [1.807, 2.05) is 6.92 Å². The highest BCUT2D eigenvalue weighted by Gasteiger charge is 2.53. The minimum Gasteiger partial charge on any atom is -0.465 e. The van der Waals surface area contributed by atoms with Gasteiger partial charge in [0.25, 0.3) is 12.0 Å². The number of ether oxygens (including phenoxy) is 2. The lowest BCUT2D eigenvalue weighted by Gasteiger charge is -2.31. The molecule has 0 amide bonds. The molecule has 1 saturated heterocycles. The second kappa shape index (κ2) is 6.90. The molecule has 2 rings (SSSR count). The first-order valence-electron chi connectivity index (χ1n) is 7.49. The van der Waals surface area contributed by atoms with Crippen molar-refractivity contribution < 1.29 is 14.3 Å². The number of aromatic amines is 1. The van der Waals surface area contributed by atoms with Crippen LogP contribution in [0.1, 0.15) is 32.1 Å². The molecule has 24 heavy (non-hydrogen) atoms. The molecule has 130 valence electrons. The summed E-state index contributed by atoms with van der Waals surface area (Å²) in [7, 11) is 0. The summed E-state index contributed by atoms with van der Waals surface area (Å²) in [5, 5.41) is 3.77. The molecule has 0 saturated carbocycles. The third-order valence-electron chi connectivity index (χ3n) is 4.59. The number of nitrogens with one attached hydrogen (secondary N) is 1. The second-order valence-electron chi connectivity index (χ2n) is 5.80. The molecule has 1 fully saturated rings. The van der Waals surface area contributed by atoms with Crippen LogP contribution in [0, 0.1) is 12.8 Å². The summed E-state index contributed by atoms with van der Waals surface area (Å²) in [6, 6.07) is -0.701. The summed E-state index contributed by atoms with van der Waals surface area (Å²) in [6.45, 7) is 5.50. The van der Waals surface area contributed by atoms with Gasteiger partial charge in [0.15, 0.2) is 0 Å². The molecular weight excluding hydrogens is 318 g/mol. The maximum Gasteiger partial charge on any atom is 0.330 e. The lowest BCUT2D eigenvalue weighted by atomic mass is 9.84. The van der Waals surface area contributed by atoms with E-state index in [4.69, 9.17) is 15.0 Å². The van der Waals surface area contributed by atoms with E-state index in [1.165, 1.54) is 10.8 Å². The molecule has 1 aromatic heterocycles. The first-order chi connectivity index (χ1) is 11.4. The zero-order valence-electron chi connectivity index (χ0n) is 13.6. The van der Waals surface area contributed by atoms with Gasteiger partial charge in [-0.05, 0) is 18.9 Å². The summed E-state index contributed by atoms with van der Waals surface area (Å²) in [5.74, 6) is -0.317. The monoisotopic (exact) mass is 337 g/mol. The SMILES string of the molecule is CC[C@@]1(COC=O)O[C@@H](n2cc(C)c(=O)[nH]c2=O)[C@@H](N=[N+]=[N-])C1C. The fourth-order valence-corrected chi connectivity index (χ4v) is 3.04. The largest absolute Gasteiger partial charge is 0.465 e. The number of aryl methyl sites for hydroxylation is 1. The Hall–Kier alpha value is -2.58. The minimum absolute atomic E-state index is 0.0286. The van der Waals surface area contributed by atoms with Gasteiger partial charge in [0, 0.05) is 22.6 Å². The summed E-state index contributed by atoms with van der Waals surface area (Å²) in [5.41, 5.74) is 7.14. The maximum atomic E-state index is 12.2. The molecule has 1 unspecified atom stereocenters. The molecule has 10 nitrogen and oxygen atoms in total. The van der Waals surface area contributed by atoms with Crippen LogP contribution in [0.3, 0.4) is 0 Å². The van der Waals surface area contributed by atoms with E-state index in [0.717, 1.165) is 0 Å². The van der Waals surface area contributed by atoms with Gasteiger partial charge in [-0.1, -0.05) is 19.0 Å². The first-order valence-corrected chi connectivity index (χ1v) is 7.49. The first kappa shape index (κ1) is 17.8. The fourth-order valence-electron chi connectivity index (χ4n) is 3.04. The number of nitrogens with zero attached hydrogens (tertiary/aromatic N) is 4. The predicted molar refractivity (Wildman–Crippen MR) is 83.3 cm³/mol. The van der Waals surface area contributed by atoms with Crippen LogP contribution in [-0.2, 0) is 14.3 Å². The highest BCUT2D eigenvalue weighted by atomic mass is 16.6. The molecular formula is C14H19N5O5. The van der Waals surface area contributed by atoms with Gasteiger partial charge in [-0.25, -0.2) is 4.79 Å². The van der Waals surface area contributed by atoms with Gasteiger partial charge in [-0.15, -0.1) is 0 Å². The van der Waals surface area contributed by atoms with Crippen molar-refractivity contribution in [3.8, 4) is 0 Å². The van der Waals surface area contributed by atoms with Crippen molar-refractivity contribution in [1.29, 1.82) is 0 Å². The summed E-state index contributed by atoms with van der Waals surface area (Å²) in [4.78, 5) is 39.3. The summed E-state index contributed by atoms with van der Waals surface area (Å²) >= 11 is 0. The molecule has 1 aromatic rings. The molecule has 4 atom stereocenters. The topological polar surface area (TPSA) is 139 Å². The Morgan fingerprint density at radius 1 is 1.58 bits per heavy atom. The van der Waals surface area contributed by atoms with Gasteiger partial charge >= 0.3 is 5.69 Å². The Kier molecular flexibility index (Phi) is 5.10. The van der Waals surface area contributed by atoms with Crippen LogP contribution in [0.4, 0.5) is 0 Å². The minimum atomic E-state index is -0.908. The number of H-pyrrole nitrogens is 1. The third-order valence-corrected chi connectivity index (χ3v) is 4.59. The van der Waals surface area contributed by atoms with E-state index >= 15 is 0 Å². The average Bonchev–Trinajstić information content (AvgIpc) is 2.83. The summed E-state index contributed by atoms with van der Waals surface area (Å²) < 4.78 is 12.1. The zero-order chi connectivity index (χ0) is 17.9. The van der Waals surface area contributed by atoms with E-state index in [-0.39, 0.29) is 12.5 Å². The Morgan fingerprint density at radius 3 is 2.88 bits per heavy atom. The third kappa shape index (κ3) is 2.93. The van der Waals surface area contributed by atoms with Crippen LogP contribution in [0.2, 0.25) is 0 Å². The molecule has 1 aliphatic heterocycles. The van der Waals surface area contributed by atoms with Crippen molar-refractivity contribution in [3.05, 3.63) is 43.0 Å². The van der Waals surface area contributed by atoms with Crippen LogP contribution in [0.15, 0.2) is 20.9 Å². The average molecular weight is 337 g/mol. The molecule has 0 aliphatic carbocycles. The number of rotatable bonds is 6. The van der Waals surface area contributed by atoms with Gasteiger partial charge in [-0.3, -0.25) is 19.1 Å². The zero-order valence-corrected chi connectivity index (χ0v) is 13.6. The van der Waals surface area contributed by atoms with Gasteiger partial charge in [0.05, 0.1) is 6.04 Å². The second-order valence-corrected chi connectivity index (χ2v) is 5.80. The molecule has 10 heteroatoms. The van der Waals surface area contributed by atoms with E-state index in [1.54, 1.807) is 13.8 Å². The number of hydrogen-bond donors (Lipinski definition) is 1. The molecule has 0 aromatic carbocycles. The molecule has 0 radical (unpaired) electrons. The van der Waals surface area contributed by atoms with Crippen LogP contribution in [0.25, 0.3) is 10.4 Å². The fraction of sp³-hybridized carbons (Fsp3) is 0.643. The van der Waals surface area contributed by atoms with Crippen LogP contribution in [0.5, 0.6) is 0 Å². The molecule has 1 aliphatic rings. The van der Waals surface area contributed by atoms with E-state index < -0.39 is 29.1 Å². The van der Waals surface area contributed by atoms with Crippen molar-refractivity contribution in [3.63, 3.8) is 0 Å². The van der Waals surface area contributed by atoms with Crippen molar-refractivity contribution in [2.75, 3.05) is 6.61 Å². The normalized spacial score (nSPS) is 29.0. The molecule has 2 heterocycles. The molecule has 1 N–H and O–H groups in total. The predicted octanol–water partition coefficient (Wildman–Crippen LogP) is 1.01. The van der Waals surface area contributed by atoms with Crippen molar-refractivity contribution in [1.82, 2.24) is 9.55 Å². The number of azide groups is 1. The number of hydrogen-bond acceptors (Lipinski definition) is 6. The van der Waals surface area contributed by atoms with Crippen molar-refractivity contribution >= 4 is 6.47 Å². The van der Waals surface area contributed by atoms with Crippen molar-refractivity contribution in [2.24, 2.45) is 11.0 Å². The van der Waals surface area contributed by atoms with Gasteiger partial charge in [-0.2, -0.15) is 0 Å².